The third-order valence-corrected chi connectivity index (χ3v) is 9.26. The van der Waals surface area contributed by atoms with Crippen LogP contribution in [0.2, 0.25) is 0 Å². The first kappa shape index (κ1) is 37.1. The minimum atomic E-state index is -0.340. The maximum atomic E-state index is 9.36. The van der Waals surface area contributed by atoms with E-state index in [1.54, 1.807) is 0 Å². The fourth-order valence-electron chi connectivity index (χ4n) is 5.85. The second kappa shape index (κ2) is 17.6. The molecule has 8 heteroatoms. The molecular weight excluding hydrogens is 604 g/mol. The highest BCUT2D eigenvalue weighted by molar-refractivity contribution is 5.72. The Kier molecular flexibility index (Phi) is 13.6. The molecule has 0 saturated carbocycles. The molecule has 6 N–H and O–H groups in total. The highest BCUT2D eigenvalue weighted by Gasteiger charge is 2.15. The van der Waals surface area contributed by atoms with Crippen molar-refractivity contribution >= 4 is 0 Å². The zero-order valence-corrected chi connectivity index (χ0v) is 29.2. The van der Waals surface area contributed by atoms with Crippen LogP contribution in [0.25, 0.3) is 11.1 Å². The first-order chi connectivity index (χ1) is 23.1. The van der Waals surface area contributed by atoms with Crippen molar-refractivity contribution in [2.45, 2.75) is 79.9 Å². The van der Waals surface area contributed by atoms with E-state index in [9.17, 15) is 20.4 Å². The van der Waals surface area contributed by atoms with E-state index in [-0.39, 0.29) is 38.5 Å². The number of aryl methyl sites for hydroxylation is 4. The van der Waals surface area contributed by atoms with Crippen LogP contribution < -0.4 is 20.1 Å². The average Bonchev–Trinajstić information content (AvgIpc) is 3.08. The summed E-state index contributed by atoms with van der Waals surface area (Å²) in [5, 5.41) is 43.8. The zero-order chi connectivity index (χ0) is 34.8. The molecule has 0 aromatic heterocycles. The van der Waals surface area contributed by atoms with E-state index in [1.165, 1.54) is 22.3 Å². The van der Waals surface area contributed by atoms with Crippen molar-refractivity contribution in [2.75, 3.05) is 26.4 Å². The SMILES string of the molecule is Cc1cc(OCc2cccc(-c3cccc(COc4cc(C)c(CNC(CO)CO)cc4C)c3C)c2C)c(C)cc1CNC(CO)CO. The summed E-state index contributed by atoms with van der Waals surface area (Å²) >= 11 is 0. The van der Waals surface area contributed by atoms with Crippen molar-refractivity contribution in [3.05, 3.63) is 116 Å². The van der Waals surface area contributed by atoms with Gasteiger partial charge in [0, 0.05) is 13.1 Å². The monoisotopic (exact) mass is 656 g/mol. The summed E-state index contributed by atoms with van der Waals surface area (Å²) in [5.74, 6) is 1.68. The molecule has 0 fully saturated rings. The Balaban J connectivity index is 1.46. The van der Waals surface area contributed by atoms with Gasteiger partial charge in [-0.2, -0.15) is 0 Å². The molecule has 8 nitrogen and oxygen atoms in total. The Morgan fingerprint density at radius 1 is 0.500 bits per heavy atom. The van der Waals surface area contributed by atoms with Crippen LogP contribution in [0.4, 0.5) is 0 Å². The third-order valence-electron chi connectivity index (χ3n) is 9.26. The van der Waals surface area contributed by atoms with Crippen molar-refractivity contribution < 1.29 is 29.9 Å². The topological polar surface area (TPSA) is 123 Å². The summed E-state index contributed by atoms with van der Waals surface area (Å²) in [6, 6.07) is 20.4. The van der Waals surface area contributed by atoms with Crippen molar-refractivity contribution in [3.8, 4) is 22.6 Å². The molecule has 0 bridgehead atoms. The lowest BCUT2D eigenvalue weighted by Gasteiger charge is -2.19. The van der Waals surface area contributed by atoms with Gasteiger partial charge >= 0.3 is 0 Å². The summed E-state index contributed by atoms with van der Waals surface area (Å²) < 4.78 is 12.7. The quantitative estimate of drug-likeness (QED) is 0.0912. The van der Waals surface area contributed by atoms with Gasteiger partial charge in [-0.15, -0.1) is 0 Å². The van der Waals surface area contributed by atoms with Gasteiger partial charge in [0.1, 0.15) is 24.7 Å². The van der Waals surface area contributed by atoms with Gasteiger partial charge < -0.3 is 40.5 Å². The maximum Gasteiger partial charge on any atom is 0.123 e. The fraction of sp³-hybridized carbons (Fsp3) is 0.400. The van der Waals surface area contributed by atoms with E-state index >= 15 is 0 Å². The van der Waals surface area contributed by atoms with E-state index in [0.29, 0.717) is 26.3 Å². The second-order valence-electron chi connectivity index (χ2n) is 12.7. The number of nitrogens with one attached hydrogen (secondary N) is 2. The number of hydrogen-bond donors (Lipinski definition) is 6. The van der Waals surface area contributed by atoms with Gasteiger partial charge in [0.25, 0.3) is 0 Å². The van der Waals surface area contributed by atoms with E-state index in [4.69, 9.17) is 9.47 Å². The lowest BCUT2D eigenvalue weighted by Crippen LogP contribution is -2.35. The smallest absolute Gasteiger partial charge is 0.123 e. The molecular formula is C40H52N2O6. The molecule has 4 aromatic rings. The Morgan fingerprint density at radius 2 is 0.875 bits per heavy atom. The van der Waals surface area contributed by atoms with E-state index in [2.05, 4.69) is 85.1 Å². The average molecular weight is 657 g/mol. The largest absolute Gasteiger partial charge is 0.489 e. The van der Waals surface area contributed by atoms with E-state index in [0.717, 1.165) is 56.0 Å². The predicted molar refractivity (Wildman–Crippen MR) is 191 cm³/mol. The molecule has 0 spiro atoms. The molecule has 0 amide bonds. The van der Waals surface area contributed by atoms with Crippen molar-refractivity contribution in [1.82, 2.24) is 10.6 Å². The van der Waals surface area contributed by atoms with Crippen molar-refractivity contribution in [1.29, 1.82) is 0 Å². The standard InChI is InChI=1S/C40H52N2O6/c1-25-15-39(27(3)13-33(25)17-41-35(19-43)20-44)47-23-31-9-7-11-37(29(31)5)38-12-8-10-32(30(38)6)24-48-40-16-26(2)34(14-28(40)4)18-42-36(21-45)22-46/h7-16,35-36,41-46H,17-24H2,1-6H3. The molecule has 0 unspecified atom stereocenters. The van der Waals surface area contributed by atoms with Crippen LogP contribution in [-0.2, 0) is 26.3 Å². The fourth-order valence-corrected chi connectivity index (χ4v) is 5.85. The van der Waals surface area contributed by atoms with Gasteiger partial charge in [0.2, 0.25) is 0 Å². The van der Waals surface area contributed by atoms with E-state index in [1.807, 2.05) is 27.7 Å². The molecule has 48 heavy (non-hydrogen) atoms. The molecule has 4 aromatic carbocycles. The molecule has 4 rings (SSSR count). The number of hydrogen-bond acceptors (Lipinski definition) is 8. The van der Waals surface area contributed by atoms with Crippen LogP contribution in [-0.4, -0.2) is 58.9 Å². The second-order valence-corrected chi connectivity index (χ2v) is 12.7. The summed E-state index contributed by atoms with van der Waals surface area (Å²) in [6.45, 7) is 14.0. The molecule has 0 saturated heterocycles. The first-order valence-electron chi connectivity index (χ1n) is 16.6. The first-order valence-corrected chi connectivity index (χ1v) is 16.6. The molecule has 0 aliphatic rings. The van der Waals surface area contributed by atoms with Crippen LogP contribution in [0.1, 0.15) is 55.6 Å². The number of rotatable bonds is 17. The molecule has 0 radical (unpaired) electrons. The minimum Gasteiger partial charge on any atom is -0.489 e. The Bertz CT molecular complexity index is 1540. The lowest BCUT2D eigenvalue weighted by molar-refractivity contribution is 0.170. The maximum absolute atomic E-state index is 9.36. The van der Waals surface area contributed by atoms with Crippen molar-refractivity contribution in [2.24, 2.45) is 0 Å². The molecule has 0 aliphatic heterocycles. The van der Waals surface area contributed by atoms with Crippen LogP contribution in [0.3, 0.4) is 0 Å². The van der Waals surface area contributed by atoms with Gasteiger partial charge in [-0.1, -0.05) is 48.5 Å². The third kappa shape index (κ3) is 9.23. The zero-order valence-electron chi connectivity index (χ0n) is 29.2. The number of aliphatic hydroxyl groups excluding tert-OH is 4. The Morgan fingerprint density at radius 3 is 1.23 bits per heavy atom. The highest BCUT2D eigenvalue weighted by Crippen LogP contribution is 2.32. The number of aliphatic hydroxyl groups is 4. The predicted octanol–water partition coefficient (Wildman–Crippen LogP) is 5.25. The molecule has 0 atom stereocenters. The van der Waals surface area contributed by atoms with Crippen LogP contribution in [0.15, 0.2) is 60.7 Å². The van der Waals surface area contributed by atoms with Gasteiger partial charge in [-0.05, 0) is 120 Å². The summed E-state index contributed by atoms with van der Waals surface area (Å²) in [5.41, 5.74) is 13.4. The number of benzene rings is 4. The Hall–Kier alpha value is -3.76. The Labute approximate surface area is 285 Å². The molecule has 0 aliphatic carbocycles. The lowest BCUT2D eigenvalue weighted by atomic mass is 9.92. The minimum absolute atomic E-state index is 0.111. The van der Waals surface area contributed by atoms with Crippen LogP contribution in [0.5, 0.6) is 11.5 Å². The van der Waals surface area contributed by atoms with Crippen LogP contribution >= 0.6 is 0 Å². The molecule has 258 valence electrons. The van der Waals surface area contributed by atoms with Gasteiger partial charge in [-0.3, -0.25) is 0 Å². The summed E-state index contributed by atoms with van der Waals surface area (Å²) in [7, 11) is 0. The number of ether oxygens (including phenoxy) is 2. The highest BCUT2D eigenvalue weighted by atomic mass is 16.5. The van der Waals surface area contributed by atoms with Crippen LogP contribution in [0, 0.1) is 41.5 Å². The summed E-state index contributed by atoms with van der Waals surface area (Å²) in [4.78, 5) is 0. The van der Waals surface area contributed by atoms with Gasteiger partial charge in [0.15, 0.2) is 0 Å². The molecule has 0 heterocycles. The normalized spacial score (nSPS) is 11.5. The van der Waals surface area contributed by atoms with E-state index < -0.39 is 0 Å². The summed E-state index contributed by atoms with van der Waals surface area (Å²) in [6.07, 6.45) is 0. The van der Waals surface area contributed by atoms with Gasteiger partial charge in [-0.25, -0.2) is 0 Å². The van der Waals surface area contributed by atoms with Crippen molar-refractivity contribution in [3.63, 3.8) is 0 Å². The van der Waals surface area contributed by atoms with Gasteiger partial charge in [0.05, 0.1) is 38.5 Å².